The average Bonchev–Trinajstić information content (AvgIpc) is 3.23. The predicted octanol–water partition coefficient (Wildman–Crippen LogP) is 13.6. The number of carbonyl (C=O) groups excluding carboxylic acids is 2. The smallest absolute Gasteiger partial charge is 0.462 e. The molecular formula is C52H93NO9P+. The molecular weight excluding hydrogens is 814 g/mol. The number of ether oxygens (including phenoxy) is 2. The molecule has 3 atom stereocenters. The number of phosphoric ester groups is 1. The topological polar surface area (TPSA) is 129 Å². The summed E-state index contributed by atoms with van der Waals surface area (Å²) in [6.45, 7) is 4.13. The van der Waals surface area contributed by atoms with Crippen LogP contribution in [-0.4, -0.2) is 86.1 Å². The van der Waals surface area contributed by atoms with Crippen molar-refractivity contribution in [2.75, 3.05) is 47.5 Å². The van der Waals surface area contributed by atoms with Crippen molar-refractivity contribution in [3.63, 3.8) is 0 Å². The zero-order chi connectivity index (χ0) is 46.5. The highest BCUT2D eigenvalue weighted by Crippen LogP contribution is 2.43. The van der Waals surface area contributed by atoms with Crippen LogP contribution in [0, 0.1) is 0 Å². The monoisotopic (exact) mass is 907 g/mol. The fraction of sp³-hybridized carbons (Fsp3) is 0.731. The Balaban J connectivity index is 4.42. The van der Waals surface area contributed by atoms with Crippen molar-refractivity contribution in [1.82, 2.24) is 0 Å². The lowest BCUT2D eigenvalue weighted by Crippen LogP contribution is -2.37. The summed E-state index contributed by atoms with van der Waals surface area (Å²) < 4.78 is 34.3. The summed E-state index contributed by atoms with van der Waals surface area (Å²) in [6, 6.07) is 0. The number of hydrogen-bond donors (Lipinski definition) is 2. The summed E-state index contributed by atoms with van der Waals surface area (Å²) in [5.41, 5.74) is 0. The number of esters is 2. The normalized spacial score (nSPS) is 14.6. The van der Waals surface area contributed by atoms with Gasteiger partial charge in [0.05, 0.1) is 33.9 Å². The molecule has 0 aromatic rings. The molecule has 0 radical (unpaired) electrons. The molecule has 0 aromatic carbocycles. The minimum absolute atomic E-state index is 0.0120. The molecule has 11 heteroatoms. The van der Waals surface area contributed by atoms with Crippen LogP contribution < -0.4 is 0 Å². The van der Waals surface area contributed by atoms with Crippen LogP contribution in [0.3, 0.4) is 0 Å². The molecule has 10 nitrogen and oxygen atoms in total. The number of unbranched alkanes of at least 4 members (excludes halogenated alkanes) is 18. The third kappa shape index (κ3) is 47.2. The first-order valence-electron chi connectivity index (χ1n) is 24.8. The number of rotatable bonds is 44. The number of likely N-dealkylation sites (N-methyl/N-ethyl adjacent to an activating group) is 1. The van der Waals surface area contributed by atoms with E-state index in [0.29, 0.717) is 30.3 Å². The zero-order valence-electron chi connectivity index (χ0n) is 40.6. The SMILES string of the molecule is CC/C=C\CC(O)/C=C/C=C/C/C=C\C/C=C\C/C=C\CCC(=O)OC[C@H](COP(=O)(O)OCC[N+](C)(C)C)OC(=O)CCCCCCCCCCCCCCCCCCCCC. The van der Waals surface area contributed by atoms with Gasteiger partial charge in [0.25, 0.3) is 0 Å². The molecule has 0 aliphatic carbocycles. The van der Waals surface area contributed by atoms with Gasteiger partial charge in [-0.25, -0.2) is 4.57 Å². The lowest BCUT2D eigenvalue weighted by atomic mass is 10.0. The Bertz CT molecular complexity index is 1320. The standard InChI is InChI=1S/C52H92NO9P/c1-6-8-10-11-12-13-14-15-16-17-18-19-20-23-27-30-33-36-40-44-52(56)62-50(48-61-63(57,58)60-46-45-53(3,4)5)47-59-51(55)43-39-35-32-29-26-24-21-22-25-28-31-34-38-42-49(54)41-37-9-7-2/h9,22,24-26,31-32,34-35,37-38,42,49-50,54H,6-8,10-21,23,27-30,33,36,39-41,43-48H2,1-5H3/p+1/b25-22-,26-24-,34-31+,35-32-,37-9-,42-38+/t49?,50-/m1/s1. The minimum Gasteiger partial charge on any atom is -0.462 e. The molecule has 0 amide bonds. The van der Waals surface area contributed by atoms with Crippen LogP contribution in [0.25, 0.3) is 0 Å². The maximum atomic E-state index is 12.7. The molecule has 0 spiro atoms. The van der Waals surface area contributed by atoms with Gasteiger partial charge in [-0.3, -0.25) is 18.6 Å². The molecule has 0 aromatic heterocycles. The predicted molar refractivity (Wildman–Crippen MR) is 262 cm³/mol. The molecule has 63 heavy (non-hydrogen) atoms. The number of quaternary nitrogens is 1. The zero-order valence-corrected chi connectivity index (χ0v) is 41.5. The Morgan fingerprint density at radius 1 is 0.587 bits per heavy atom. The van der Waals surface area contributed by atoms with Gasteiger partial charge in [0.15, 0.2) is 6.10 Å². The van der Waals surface area contributed by atoms with Crippen molar-refractivity contribution in [2.24, 2.45) is 0 Å². The highest BCUT2D eigenvalue weighted by Gasteiger charge is 2.27. The van der Waals surface area contributed by atoms with Crippen LogP contribution in [-0.2, 0) is 32.7 Å². The highest BCUT2D eigenvalue weighted by molar-refractivity contribution is 7.47. The van der Waals surface area contributed by atoms with E-state index in [1.54, 1.807) is 6.08 Å². The Morgan fingerprint density at radius 3 is 1.62 bits per heavy atom. The van der Waals surface area contributed by atoms with Crippen LogP contribution in [0.1, 0.15) is 187 Å². The van der Waals surface area contributed by atoms with Gasteiger partial charge in [-0.1, -0.05) is 202 Å². The van der Waals surface area contributed by atoms with E-state index in [2.05, 4.69) is 44.2 Å². The fourth-order valence-electron chi connectivity index (χ4n) is 6.48. The van der Waals surface area contributed by atoms with E-state index < -0.39 is 38.6 Å². The number of nitrogens with zero attached hydrogens (tertiary/aromatic N) is 1. The maximum absolute atomic E-state index is 12.7. The van der Waals surface area contributed by atoms with E-state index in [1.807, 2.05) is 57.6 Å². The van der Waals surface area contributed by atoms with E-state index in [-0.39, 0.29) is 26.1 Å². The molecule has 0 rings (SSSR count). The van der Waals surface area contributed by atoms with Gasteiger partial charge in [0.1, 0.15) is 19.8 Å². The van der Waals surface area contributed by atoms with E-state index >= 15 is 0 Å². The maximum Gasteiger partial charge on any atom is 0.472 e. The molecule has 0 heterocycles. The van der Waals surface area contributed by atoms with E-state index in [1.165, 1.54) is 96.3 Å². The Morgan fingerprint density at radius 2 is 1.10 bits per heavy atom. The van der Waals surface area contributed by atoms with Crippen molar-refractivity contribution < 1.29 is 47.2 Å². The van der Waals surface area contributed by atoms with Crippen molar-refractivity contribution in [1.29, 1.82) is 0 Å². The number of aliphatic hydroxyl groups is 1. The van der Waals surface area contributed by atoms with Gasteiger partial charge in [-0.05, 0) is 44.9 Å². The van der Waals surface area contributed by atoms with Gasteiger partial charge in [-0.15, -0.1) is 0 Å². The first-order chi connectivity index (χ1) is 30.4. The van der Waals surface area contributed by atoms with Crippen LogP contribution in [0.15, 0.2) is 72.9 Å². The van der Waals surface area contributed by atoms with Gasteiger partial charge < -0.3 is 24.0 Å². The van der Waals surface area contributed by atoms with Crippen LogP contribution in [0.5, 0.6) is 0 Å². The number of hydrogen-bond acceptors (Lipinski definition) is 8. The first kappa shape index (κ1) is 60.4. The Kier molecular flexibility index (Phi) is 41.5. The molecule has 0 saturated carbocycles. The number of carbonyl (C=O) groups is 2. The second kappa shape index (κ2) is 43.3. The van der Waals surface area contributed by atoms with E-state index in [0.717, 1.165) is 44.9 Å². The molecule has 364 valence electrons. The van der Waals surface area contributed by atoms with Crippen molar-refractivity contribution >= 4 is 19.8 Å². The minimum atomic E-state index is -4.41. The van der Waals surface area contributed by atoms with E-state index in [9.17, 15) is 24.2 Å². The van der Waals surface area contributed by atoms with Gasteiger partial charge >= 0.3 is 19.8 Å². The summed E-state index contributed by atoms with van der Waals surface area (Å²) in [5, 5.41) is 9.86. The third-order valence-corrected chi connectivity index (χ3v) is 11.3. The summed E-state index contributed by atoms with van der Waals surface area (Å²) in [4.78, 5) is 35.5. The molecule has 2 N–H and O–H groups in total. The second-order valence-corrected chi connectivity index (χ2v) is 19.1. The highest BCUT2D eigenvalue weighted by atomic mass is 31.2. The lowest BCUT2D eigenvalue weighted by molar-refractivity contribution is -0.870. The molecule has 0 fully saturated rings. The molecule has 0 saturated heterocycles. The van der Waals surface area contributed by atoms with Gasteiger partial charge in [0, 0.05) is 12.8 Å². The van der Waals surface area contributed by atoms with Gasteiger partial charge in [-0.2, -0.15) is 0 Å². The van der Waals surface area contributed by atoms with Crippen LogP contribution in [0.2, 0.25) is 0 Å². The quantitative estimate of drug-likeness (QED) is 0.0153. The first-order valence-corrected chi connectivity index (χ1v) is 26.3. The Hall–Kier alpha value is -2.59. The number of phosphoric acid groups is 1. The second-order valence-electron chi connectivity index (χ2n) is 17.7. The van der Waals surface area contributed by atoms with E-state index in [4.69, 9.17) is 18.5 Å². The summed E-state index contributed by atoms with van der Waals surface area (Å²) in [6.07, 6.45) is 51.6. The van der Waals surface area contributed by atoms with Crippen molar-refractivity contribution in [3.8, 4) is 0 Å². The largest absolute Gasteiger partial charge is 0.472 e. The number of allylic oxidation sites excluding steroid dienone is 10. The third-order valence-electron chi connectivity index (χ3n) is 10.3. The lowest BCUT2D eigenvalue weighted by Gasteiger charge is -2.24. The summed E-state index contributed by atoms with van der Waals surface area (Å²) in [7, 11) is 1.41. The average molecular weight is 907 g/mol. The fourth-order valence-corrected chi connectivity index (χ4v) is 7.22. The molecule has 0 aliphatic rings. The molecule has 2 unspecified atom stereocenters. The van der Waals surface area contributed by atoms with Gasteiger partial charge in [0.2, 0.25) is 0 Å². The van der Waals surface area contributed by atoms with Crippen molar-refractivity contribution in [3.05, 3.63) is 72.9 Å². The molecule has 0 bridgehead atoms. The number of aliphatic hydroxyl groups excluding tert-OH is 1. The summed E-state index contributed by atoms with van der Waals surface area (Å²) >= 11 is 0. The van der Waals surface area contributed by atoms with Crippen molar-refractivity contribution in [2.45, 2.75) is 199 Å². The molecule has 0 aliphatic heterocycles. The summed E-state index contributed by atoms with van der Waals surface area (Å²) in [5.74, 6) is -0.916. The van der Waals surface area contributed by atoms with Crippen LogP contribution in [0.4, 0.5) is 0 Å². The van der Waals surface area contributed by atoms with Crippen LogP contribution >= 0.6 is 7.82 Å². The Labute approximate surface area is 385 Å².